The number of halogens is 2. The van der Waals surface area contributed by atoms with E-state index in [1.807, 2.05) is 13.0 Å². The van der Waals surface area contributed by atoms with Gasteiger partial charge in [-0.25, -0.2) is 13.6 Å². The van der Waals surface area contributed by atoms with Crippen molar-refractivity contribution in [2.24, 2.45) is 0 Å². The summed E-state index contributed by atoms with van der Waals surface area (Å²) in [6, 6.07) is 9.08. The summed E-state index contributed by atoms with van der Waals surface area (Å²) in [5.41, 5.74) is -1.06. The summed E-state index contributed by atoms with van der Waals surface area (Å²) in [4.78, 5) is 25.8. The minimum Gasteiger partial charge on any atom is -0.491 e. The lowest BCUT2D eigenvalue weighted by Crippen LogP contribution is -2.43. The van der Waals surface area contributed by atoms with Crippen LogP contribution in [-0.2, 0) is 10.3 Å². The number of rotatable bonds is 6. The third-order valence-electron chi connectivity index (χ3n) is 4.57. The van der Waals surface area contributed by atoms with Gasteiger partial charge in [0.1, 0.15) is 35.6 Å². The van der Waals surface area contributed by atoms with Crippen molar-refractivity contribution < 1.29 is 28.2 Å². The van der Waals surface area contributed by atoms with Crippen LogP contribution in [0, 0.1) is 18.6 Å². The molecule has 6 nitrogen and oxygen atoms in total. The first-order valence-electron chi connectivity index (χ1n) is 8.68. The predicted octanol–water partition coefficient (Wildman–Crippen LogP) is 2.48. The first-order chi connectivity index (χ1) is 13.2. The highest BCUT2D eigenvalue weighted by Crippen LogP contribution is 2.31. The summed E-state index contributed by atoms with van der Waals surface area (Å²) in [6.45, 7) is 2.69. The number of carbonyl (C=O) groups excluding carboxylic acids is 2. The van der Waals surface area contributed by atoms with E-state index < -0.39 is 35.2 Å². The molecule has 1 saturated heterocycles. The number of aliphatic hydroxyl groups is 1. The molecule has 1 heterocycles. The summed E-state index contributed by atoms with van der Waals surface area (Å²) in [6.07, 6.45) is -1.16. The van der Waals surface area contributed by atoms with Crippen LogP contribution in [0.1, 0.15) is 18.1 Å². The fraction of sp³-hybridized carbons (Fsp3) is 0.300. The van der Waals surface area contributed by atoms with Gasteiger partial charge in [-0.05, 0) is 49.7 Å². The van der Waals surface area contributed by atoms with Crippen LogP contribution in [0.3, 0.4) is 0 Å². The Morgan fingerprint density at radius 2 is 1.96 bits per heavy atom. The topological polar surface area (TPSA) is 78.9 Å². The van der Waals surface area contributed by atoms with Gasteiger partial charge < -0.3 is 15.2 Å². The van der Waals surface area contributed by atoms with Crippen LogP contribution in [0.5, 0.6) is 5.75 Å². The lowest BCUT2D eigenvalue weighted by atomic mass is 9.91. The molecule has 0 aromatic heterocycles. The normalized spacial score (nSPS) is 20.2. The Balaban J connectivity index is 1.70. The molecule has 2 atom stereocenters. The quantitative estimate of drug-likeness (QED) is 0.743. The van der Waals surface area contributed by atoms with Gasteiger partial charge in [-0.2, -0.15) is 0 Å². The SMILES string of the molecule is Cc1cccc(OC[C@@H](O)CN2C(=O)N[C@](C)(c3cc(F)ccc3F)C2=O)c1. The molecule has 0 aliphatic carbocycles. The maximum atomic E-state index is 14.1. The fourth-order valence-corrected chi connectivity index (χ4v) is 3.09. The molecule has 1 fully saturated rings. The first-order valence-corrected chi connectivity index (χ1v) is 8.68. The number of carbonyl (C=O) groups is 2. The van der Waals surface area contributed by atoms with E-state index in [9.17, 15) is 23.5 Å². The molecule has 2 N–H and O–H groups in total. The molecule has 0 unspecified atom stereocenters. The number of hydrogen-bond donors (Lipinski definition) is 2. The second kappa shape index (κ2) is 7.55. The van der Waals surface area contributed by atoms with E-state index in [1.54, 1.807) is 18.2 Å². The highest BCUT2D eigenvalue weighted by Gasteiger charge is 2.50. The molecule has 0 spiro atoms. The van der Waals surface area contributed by atoms with Crippen LogP contribution in [0.2, 0.25) is 0 Å². The number of urea groups is 1. The predicted molar refractivity (Wildman–Crippen MR) is 96.6 cm³/mol. The van der Waals surface area contributed by atoms with Gasteiger partial charge in [0.15, 0.2) is 0 Å². The maximum absolute atomic E-state index is 14.1. The third-order valence-corrected chi connectivity index (χ3v) is 4.57. The number of amides is 3. The molecule has 3 rings (SSSR count). The largest absolute Gasteiger partial charge is 0.491 e. The van der Waals surface area contributed by atoms with E-state index in [0.717, 1.165) is 28.7 Å². The van der Waals surface area contributed by atoms with Crippen molar-refractivity contribution in [3.63, 3.8) is 0 Å². The monoisotopic (exact) mass is 390 g/mol. The van der Waals surface area contributed by atoms with Crippen molar-refractivity contribution in [1.29, 1.82) is 0 Å². The summed E-state index contributed by atoms with van der Waals surface area (Å²) < 4.78 is 33.1. The molecule has 0 saturated carbocycles. The Hall–Kier alpha value is -3.00. The van der Waals surface area contributed by atoms with Crippen LogP contribution in [-0.4, -0.2) is 41.2 Å². The number of imide groups is 1. The summed E-state index contributed by atoms with van der Waals surface area (Å²) in [5, 5.41) is 12.6. The van der Waals surface area contributed by atoms with Gasteiger partial charge in [0.05, 0.1) is 6.54 Å². The molecule has 0 radical (unpaired) electrons. The Morgan fingerprint density at radius 1 is 1.21 bits per heavy atom. The molecular formula is C20H20F2N2O4. The van der Waals surface area contributed by atoms with Crippen LogP contribution in [0.25, 0.3) is 0 Å². The highest BCUT2D eigenvalue weighted by atomic mass is 19.1. The molecular weight excluding hydrogens is 370 g/mol. The van der Waals surface area contributed by atoms with Crippen molar-refractivity contribution in [1.82, 2.24) is 10.2 Å². The van der Waals surface area contributed by atoms with Gasteiger partial charge in [0.2, 0.25) is 0 Å². The lowest BCUT2D eigenvalue weighted by molar-refractivity contribution is -0.132. The van der Waals surface area contributed by atoms with Gasteiger partial charge in [0, 0.05) is 5.56 Å². The molecule has 3 amide bonds. The number of benzene rings is 2. The van der Waals surface area contributed by atoms with Crippen molar-refractivity contribution in [2.75, 3.05) is 13.2 Å². The third kappa shape index (κ3) is 3.82. The Morgan fingerprint density at radius 3 is 2.68 bits per heavy atom. The molecule has 1 aliphatic heterocycles. The second-order valence-electron chi connectivity index (χ2n) is 6.88. The average Bonchev–Trinajstić information content (AvgIpc) is 2.86. The van der Waals surface area contributed by atoms with E-state index in [0.29, 0.717) is 5.75 Å². The number of ether oxygens (including phenoxy) is 1. The van der Waals surface area contributed by atoms with E-state index in [-0.39, 0.29) is 18.7 Å². The fourth-order valence-electron chi connectivity index (χ4n) is 3.09. The molecule has 8 heteroatoms. The Labute approximate surface area is 160 Å². The highest BCUT2D eigenvalue weighted by molar-refractivity contribution is 6.07. The van der Waals surface area contributed by atoms with Gasteiger partial charge in [0.25, 0.3) is 5.91 Å². The maximum Gasteiger partial charge on any atom is 0.325 e. The Bertz CT molecular complexity index is 921. The molecule has 2 aromatic rings. The first kappa shape index (κ1) is 19.8. The van der Waals surface area contributed by atoms with E-state index in [1.165, 1.54) is 6.92 Å². The second-order valence-corrected chi connectivity index (χ2v) is 6.88. The van der Waals surface area contributed by atoms with Crippen molar-refractivity contribution in [2.45, 2.75) is 25.5 Å². The number of nitrogens with one attached hydrogen (secondary N) is 1. The van der Waals surface area contributed by atoms with Gasteiger partial charge in [-0.3, -0.25) is 9.69 Å². The summed E-state index contributed by atoms with van der Waals surface area (Å²) in [5.74, 6) is -1.79. The molecule has 2 aromatic carbocycles. The van der Waals surface area contributed by atoms with Crippen molar-refractivity contribution in [3.05, 3.63) is 65.2 Å². The van der Waals surface area contributed by atoms with Gasteiger partial charge in [-0.1, -0.05) is 12.1 Å². The number of nitrogens with zero attached hydrogens (tertiary/aromatic N) is 1. The van der Waals surface area contributed by atoms with Crippen LogP contribution < -0.4 is 10.1 Å². The smallest absolute Gasteiger partial charge is 0.325 e. The van der Waals surface area contributed by atoms with Crippen LogP contribution in [0.15, 0.2) is 42.5 Å². The zero-order valence-corrected chi connectivity index (χ0v) is 15.4. The number of aryl methyl sites for hydroxylation is 1. The molecule has 28 heavy (non-hydrogen) atoms. The van der Waals surface area contributed by atoms with E-state index in [2.05, 4.69) is 5.32 Å². The van der Waals surface area contributed by atoms with Crippen molar-refractivity contribution >= 4 is 11.9 Å². The van der Waals surface area contributed by atoms with E-state index in [4.69, 9.17) is 4.74 Å². The number of hydrogen-bond acceptors (Lipinski definition) is 4. The zero-order chi connectivity index (χ0) is 20.5. The minimum absolute atomic E-state index is 0.147. The van der Waals surface area contributed by atoms with Gasteiger partial charge in [-0.15, -0.1) is 0 Å². The van der Waals surface area contributed by atoms with Crippen molar-refractivity contribution in [3.8, 4) is 5.75 Å². The zero-order valence-electron chi connectivity index (χ0n) is 15.4. The standard InChI is InChI=1S/C20H20F2N2O4/c1-12-4-3-5-15(8-12)28-11-14(25)10-24-18(26)20(2,23-19(24)27)16-9-13(21)6-7-17(16)22/h3-9,14,25H,10-11H2,1-2H3,(H,23,27)/t14-,20+/m0/s1. The average molecular weight is 390 g/mol. The molecule has 148 valence electrons. The molecule has 0 bridgehead atoms. The lowest BCUT2D eigenvalue weighted by Gasteiger charge is -2.23. The van der Waals surface area contributed by atoms with E-state index >= 15 is 0 Å². The van der Waals surface area contributed by atoms with Gasteiger partial charge >= 0.3 is 6.03 Å². The summed E-state index contributed by atoms with van der Waals surface area (Å²) >= 11 is 0. The number of aliphatic hydroxyl groups excluding tert-OH is 1. The Kier molecular flexibility index (Phi) is 5.33. The summed E-state index contributed by atoms with van der Waals surface area (Å²) in [7, 11) is 0. The molecule has 1 aliphatic rings. The van der Waals surface area contributed by atoms with Crippen LogP contribution >= 0.6 is 0 Å². The minimum atomic E-state index is -1.76. The van der Waals surface area contributed by atoms with Crippen LogP contribution in [0.4, 0.5) is 13.6 Å². The number of β-amino-alcohol motifs (C(OH)–C–C–N with tert-alkyl or cyclic N) is 1.